The molecule has 0 saturated heterocycles. The number of hydrogen-bond acceptors (Lipinski definition) is 3. The Morgan fingerprint density at radius 1 is 0.794 bits per heavy atom. The molecule has 3 aromatic rings. The molecular weight excluding hydrogens is 439 g/mol. The van der Waals surface area contributed by atoms with E-state index in [1.54, 1.807) is 6.92 Å². The predicted molar refractivity (Wildman–Crippen MR) is 143 cm³/mol. The van der Waals surface area contributed by atoms with Gasteiger partial charge in [0, 0.05) is 6.42 Å². The first-order valence-corrected chi connectivity index (χ1v) is 13.4. The summed E-state index contributed by atoms with van der Waals surface area (Å²) in [5.74, 6) is 0.301. The fraction of sp³-hybridized carbons (Fsp3) is 0.333. The molecular formula is C30H35O3P. The van der Waals surface area contributed by atoms with Gasteiger partial charge >= 0.3 is 5.97 Å². The van der Waals surface area contributed by atoms with E-state index in [1.165, 1.54) is 10.6 Å². The molecule has 0 aliphatic heterocycles. The topological polar surface area (TPSA) is 43.4 Å². The van der Waals surface area contributed by atoms with Crippen molar-refractivity contribution < 1.29 is 14.3 Å². The number of carbonyl (C=O) groups excluding carboxylic acids is 2. The van der Waals surface area contributed by atoms with Gasteiger partial charge in [-0.2, -0.15) is 0 Å². The molecule has 4 heteroatoms. The van der Waals surface area contributed by atoms with E-state index in [4.69, 9.17) is 4.74 Å². The Bertz CT molecular complexity index is 1020. The van der Waals surface area contributed by atoms with Gasteiger partial charge < -0.3 is 9.53 Å². The van der Waals surface area contributed by atoms with Gasteiger partial charge in [0.1, 0.15) is 11.9 Å². The molecule has 2 atom stereocenters. The third kappa shape index (κ3) is 6.87. The third-order valence-electron chi connectivity index (χ3n) is 6.04. The lowest BCUT2D eigenvalue weighted by Gasteiger charge is -2.28. The third-order valence-corrected chi connectivity index (χ3v) is 8.54. The van der Waals surface area contributed by atoms with Gasteiger partial charge in [0.2, 0.25) is 0 Å². The van der Waals surface area contributed by atoms with Gasteiger partial charge in [-0.15, -0.1) is 0 Å². The minimum absolute atomic E-state index is 0.181. The highest BCUT2D eigenvalue weighted by atomic mass is 31.1. The van der Waals surface area contributed by atoms with Crippen molar-refractivity contribution in [3.05, 3.63) is 90.5 Å². The summed E-state index contributed by atoms with van der Waals surface area (Å²) in [6.45, 7) is 7.92. The molecule has 0 aliphatic carbocycles. The average Bonchev–Trinajstić information content (AvgIpc) is 2.83. The Hall–Kier alpha value is -2.77. The molecule has 0 radical (unpaired) electrons. The van der Waals surface area contributed by atoms with Crippen LogP contribution in [0.2, 0.25) is 0 Å². The number of hydrogen-bond donors (Lipinski definition) is 0. The fourth-order valence-corrected chi connectivity index (χ4v) is 6.79. The van der Waals surface area contributed by atoms with Gasteiger partial charge in [0.25, 0.3) is 0 Å². The van der Waals surface area contributed by atoms with Crippen LogP contribution >= 0.6 is 7.92 Å². The SMILES string of the molecule is CC(=O)CCC[C@@H](C)[C@H](OC(=O)c1ccccc1P(c1ccccc1)c1ccccc1)C(C)C. The predicted octanol–water partition coefficient (Wildman–Crippen LogP) is 6.02. The lowest BCUT2D eigenvalue weighted by Crippen LogP contribution is -2.33. The van der Waals surface area contributed by atoms with Crippen LogP contribution in [0.4, 0.5) is 0 Å². The standard InChI is InChI=1S/C30H35O3P/c1-22(2)29(23(3)14-13-15-24(4)31)33-30(32)27-20-11-12-21-28(27)34(25-16-7-5-8-17-25)26-18-9-6-10-19-26/h5-12,16-23,29H,13-15H2,1-4H3/t23-,29-/m1/s1. The van der Waals surface area contributed by atoms with Crippen molar-refractivity contribution in [2.24, 2.45) is 11.8 Å². The van der Waals surface area contributed by atoms with Crippen LogP contribution in [0.1, 0.15) is 57.3 Å². The first kappa shape index (κ1) is 25.8. The summed E-state index contributed by atoms with van der Waals surface area (Å²) in [5, 5.41) is 3.40. The van der Waals surface area contributed by atoms with E-state index < -0.39 is 7.92 Å². The van der Waals surface area contributed by atoms with Crippen molar-refractivity contribution in [3.8, 4) is 0 Å². The van der Waals surface area contributed by atoms with Crippen LogP contribution in [0.5, 0.6) is 0 Å². The smallest absolute Gasteiger partial charge is 0.339 e. The molecule has 0 unspecified atom stereocenters. The summed E-state index contributed by atoms with van der Waals surface area (Å²) in [7, 11) is -0.910. The quantitative estimate of drug-likeness (QED) is 0.252. The Morgan fingerprint density at radius 2 is 1.32 bits per heavy atom. The van der Waals surface area contributed by atoms with E-state index in [0.29, 0.717) is 12.0 Å². The molecule has 3 aromatic carbocycles. The van der Waals surface area contributed by atoms with Crippen LogP contribution in [0.3, 0.4) is 0 Å². The number of Topliss-reactive ketones (excluding diaryl/α,β-unsaturated/α-hetero) is 1. The van der Waals surface area contributed by atoms with Crippen molar-refractivity contribution in [3.63, 3.8) is 0 Å². The van der Waals surface area contributed by atoms with E-state index in [2.05, 4.69) is 51.1 Å². The molecule has 0 N–H and O–H groups in total. The van der Waals surface area contributed by atoms with Crippen LogP contribution in [-0.2, 0) is 9.53 Å². The van der Waals surface area contributed by atoms with Crippen LogP contribution in [0.15, 0.2) is 84.9 Å². The second kappa shape index (κ2) is 12.6. The number of esters is 1. The molecule has 0 aromatic heterocycles. The van der Waals surface area contributed by atoms with Crippen molar-refractivity contribution in [1.82, 2.24) is 0 Å². The van der Waals surface area contributed by atoms with Crippen LogP contribution < -0.4 is 15.9 Å². The summed E-state index contributed by atoms with van der Waals surface area (Å²) < 4.78 is 6.17. The second-order valence-electron chi connectivity index (χ2n) is 9.21. The van der Waals surface area contributed by atoms with Gasteiger partial charge in [0.15, 0.2) is 0 Å². The van der Waals surface area contributed by atoms with E-state index in [0.717, 1.165) is 18.1 Å². The summed E-state index contributed by atoms with van der Waals surface area (Å²) in [6.07, 6.45) is 2.05. The molecule has 34 heavy (non-hydrogen) atoms. The van der Waals surface area contributed by atoms with Crippen LogP contribution in [0, 0.1) is 11.8 Å². The molecule has 3 nitrogen and oxygen atoms in total. The zero-order valence-electron chi connectivity index (χ0n) is 20.6. The van der Waals surface area contributed by atoms with Gasteiger partial charge in [-0.25, -0.2) is 4.79 Å². The van der Waals surface area contributed by atoms with Crippen molar-refractivity contribution in [1.29, 1.82) is 0 Å². The summed E-state index contributed by atoms with van der Waals surface area (Å²) in [5.41, 5.74) is 0.628. The molecule has 0 heterocycles. The number of carbonyl (C=O) groups is 2. The molecule has 0 amide bonds. The zero-order chi connectivity index (χ0) is 24.5. The maximum atomic E-state index is 13.6. The van der Waals surface area contributed by atoms with Gasteiger partial charge in [-0.1, -0.05) is 99.6 Å². The Kier molecular flexibility index (Phi) is 9.60. The van der Waals surface area contributed by atoms with E-state index in [-0.39, 0.29) is 29.7 Å². The van der Waals surface area contributed by atoms with Crippen LogP contribution in [0.25, 0.3) is 0 Å². The van der Waals surface area contributed by atoms with E-state index >= 15 is 0 Å². The highest BCUT2D eigenvalue weighted by Crippen LogP contribution is 2.34. The number of ketones is 1. The number of rotatable bonds is 11. The van der Waals surface area contributed by atoms with Gasteiger partial charge in [0.05, 0.1) is 5.56 Å². The molecule has 0 spiro atoms. The maximum absolute atomic E-state index is 13.6. The van der Waals surface area contributed by atoms with E-state index in [9.17, 15) is 9.59 Å². The number of benzene rings is 3. The zero-order valence-corrected chi connectivity index (χ0v) is 21.5. The Labute approximate surface area is 205 Å². The lowest BCUT2D eigenvalue weighted by molar-refractivity contribution is -0.117. The summed E-state index contributed by atoms with van der Waals surface area (Å²) in [4.78, 5) is 24.9. The minimum Gasteiger partial charge on any atom is -0.458 e. The monoisotopic (exact) mass is 474 g/mol. The van der Waals surface area contributed by atoms with Gasteiger partial charge in [-0.05, 0) is 61.5 Å². The molecule has 0 saturated carbocycles. The summed E-state index contributed by atoms with van der Waals surface area (Å²) >= 11 is 0. The first-order valence-electron chi connectivity index (χ1n) is 12.1. The number of ether oxygens (including phenoxy) is 1. The highest BCUT2D eigenvalue weighted by molar-refractivity contribution is 7.80. The summed E-state index contributed by atoms with van der Waals surface area (Å²) in [6, 6.07) is 28.6. The van der Waals surface area contributed by atoms with Crippen LogP contribution in [-0.4, -0.2) is 17.9 Å². The molecule has 0 bridgehead atoms. The second-order valence-corrected chi connectivity index (χ2v) is 11.4. The Balaban J connectivity index is 1.92. The first-order chi connectivity index (χ1) is 16.4. The largest absolute Gasteiger partial charge is 0.458 e. The van der Waals surface area contributed by atoms with E-state index in [1.807, 2.05) is 54.6 Å². The maximum Gasteiger partial charge on any atom is 0.339 e. The van der Waals surface area contributed by atoms with Crippen molar-refractivity contribution in [2.75, 3.05) is 0 Å². The molecule has 0 fully saturated rings. The fourth-order valence-electron chi connectivity index (χ4n) is 4.36. The lowest BCUT2D eigenvalue weighted by atomic mass is 9.90. The van der Waals surface area contributed by atoms with Gasteiger partial charge in [-0.3, -0.25) is 0 Å². The normalized spacial score (nSPS) is 13.0. The highest BCUT2D eigenvalue weighted by Gasteiger charge is 2.28. The molecule has 0 aliphatic rings. The average molecular weight is 475 g/mol. The Morgan fingerprint density at radius 3 is 1.85 bits per heavy atom. The van der Waals surface area contributed by atoms with Crippen molar-refractivity contribution in [2.45, 2.75) is 53.1 Å². The molecule has 178 valence electrons. The minimum atomic E-state index is -0.910. The molecule has 3 rings (SSSR count). The van der Waals surface area contributed by atoms with Crippen molar-refractivity contribution >= 4 is 35.6 Å².